The predicted octanol–water partition coefficient (Wildman–Crippen LogP) is 3.83. The van der Waals surface area contributed by atoms with Gasteiger partial charge in [-0.2, -0.15) is 13.2 Å². The fourth-order valence-electron chi connectivity index (χ4n) is 1.20. The van der Waals surface area contributed by atoms with Crippen LogP contribution in [0.4, 0.5) is 13.2 Å². The zero-order valence-electron chi connectivity index (χ0n) is 7.76. The van der Waals surface area contributed by atoms with Crippen molar-refractivity contribution < 1.29 is 18.3 Å². The van der Waals surface area contributed by atoms with E-state index in [9.17, 15) is 18.3 Å². The highest BCUT2D eigenvalue weighted by Gasteiger charge is 2.28. The summed E-state index contributed by atoms with van der Waals surface area (Å²) in [6.07, 6.45) is -6.59. The lowest BCUT2D eigenvalue weighted by Gasteiger charge is -2.13. The zero-order valence-corrected chi connectivity index (χ0v) is 9.35. The lowest BCUT2D eigenvalue weighted by molar-refractivity contribution is -0.140. The summed E-state index contributed by atoms with van der Waals surface area (Å²) in [6.45, 7) is 0. The van der Waals surface area contributed by atoms with Crippen molar-refractivity contribution in [3.05, 3.63) is 34.3 Å². The highest BCUT2D eigenvalue weighted by atomic mass is 79.9. The van der Waals surface area contributed by atoms with Gasteiger partial charge in [0, 0.05) is 10.9 Å². The molecule has 0 amide bonds. The molecule has 0 bridgehead atoms. The third-order valence-corrected chi connectivity index (χ3v) is 2.69. The van der Waals surface area contributed by atoms with Crippen molar-refractivity contribution in [2.45, 2.75) is 25.1 Å². The van der Waals surface area contributed by atoms with Gasteiger partial charge in [-0.15, -0.1) is 0 Å². The van der Waals surface area contributed by atoms with Crippen LogP contribution in [-0.4, -0.2) is 11.3 Å². The third kappa shape index (κ3) is 4.22. The Kier molecular flexibility index (Phi) is 4.16. The van der Waals surface area contributed by atoms with Crippen molar-refractivity contribution >= 4 is 15.9 Å². The van der Waals surface area contributed by atoms with E-state index < -0.39 is 18.7 Å². The van der Waals surface area contributed by atoms with Crippen molar-refractivity contribution in [1.82, 2.24) is 0 Å². The van der Waals surface area contributed by atoms with Gasteiger partial charge in [0.05, 0.1) is 6.10 Å². The van der Waals surface area contributed by atoms with E-state index in [4.69, 9.17) is 0 Å². The summed E-state index contributed by atoms with van der Waals surface area (Å²) >= 11 is 3.18. The summed E-state index contributed by atoms with van der Waals surface area (Å²) in [6, 6.07) is 6.71. The van der Waals surface area contributed by atoms with Gasteiger partial charge < -0.3 is 5.11 Å². The molecule has 0 heterocycles. The molecule has 84 valence electrons. The van der Waals surface area contributed by atoms with E-state index in [0.29, 0.717) is 10.0 Å². The molecule has 1 aromatic rings. The Morgan fingerprint density at radius 3 is 2.40 bits per heavy atom. The first-order valence-corrected chi connectivity index (χ1v) is 5.18. The van der Waals surface area contributed by atoms with Gasteiger partial charge in [-0.3, -0.25) is 0 Å². The van der Waals surface area contributed by atoms with Gasteiger partial charge in [0.15, 0.2) is 0 Å². The molecule has 15 heavy (non-hydrogen) atoms. The topological polar surface area (TPSA) is 20.2 Å². The number of benzene rings is 1. The summed E-state index contributed by atoms with van der Waals surface area (Å²) in [5.74, 6) is 0. The van der Waals surface area contributed by atoms with Gasteiger partial charge >= 0.3 is 6.18 Å². The molecule has 1 atom stereocenters. The molecular weight excluding hydrogens is 273 g/mol. The first-order valence-electron chi connectivity index (χ1n) is 4.39. The second-order valence-electron chi connectivity index (χ2n) is 3.19. The summed E-state index contributed by atoms with van der Waals surface area (Å²) in [4.78, 5) is 0. The summed E-state index contributed by atoms with van der Waals surface area (Å²) in [5.41, 5.74) is 0.488. The molecule has 0 aliphatic rings. The van der Waals surface area contributed by atoms with Crippen molar-refractivity contribution in [3.8, 4) is 0 Å². The maximum atomic E-state index is 11.9. The van der Waals surface area contributed by atoms with Crippen LogP contribution in [0.2, 0.25) is 0 Å². The van der Waals surface area contributed by atoms with Crippen LogP contribution in [0, 0.1) is 0 Å². The molecular formula is C10H10BrF3O. The van der Waals surface area contributed by atoms with Crippen LogP contribution in [0.5, 0.6) is 0 Å². The monoisotopic (exact) mass is 282 g/mol. The van der Waals surface area contributed by atoms with Crippen molar-refractivity contribution in [2.24, 2.45) is 0 Å². The molecule has 1 N–H and O–H groups in total. The maximum Gasteiger partial charge on any atom is 0.389 e. The molecule has 5 heteroatoms. The molecule has 1 aromatic carbocycles. The molecule has 0 radical (unpaired) electrons. The average molecular weight is 283 g/mol. The van der Waals surface area contributed by atoms with E-state index in [1.165, 1.54) is 0 Å². The van der Waals surface area contributed by atoms with Gasteiger partial charge in [0.25, 0.3) is 0 Å². The van der Waals surface area contributed by atoms with Gasteiger partial charge in [-0.25, -0.2) is 0 Å². The van der Waals surface area contributed by atoms with Crippen LogP contribution in [-0.2, 0) is 0 Å². The molecule has 1 unspecified atom stereocenters. The van der Waals surface area contributed by atoms with Crippen LogP contribution in [0.25, 0.3) is 0 Å². The molecule has 0 saturated carbocycles. The third-order valence-electron chi connectivity index (χ3n) is 1.97. The minimum absolute atomic E-state index is 0.313. The van der Waals surface area contributed by atoms with Gasteiger partial charge in [-0.05, 0) is 18.1 Å². The molecule has 0 aromatic heterocycles. The fraction of sp³-hybridized carbons (Fsp3) is 0.400. The smallest absolute Gasteiger partial charge is 0.388 e. The minimum atomic E-state index is -4.22. The number of hydrogen-bond acceptors (Lipinski definition) is 1. The molecule has 0 fully saturated rings. The molecule has 0 saturated heterocycles. The van der Waals surface area contributed by atoms with Crippen LogP contribution < -0.4 is 0 Å². The normalized spacial score (nSPS) is 13.9. The lowest BCUT2D eigenvalue weighted by Crippen LogP contribution is -2.10. The highest BCUT2D eigenvalue weighted by Crippen LogP contribution is 2.30. The Morgan fingerprint density at radius 1 is 1.27 bits per heavy atom. The SMILES string of the molecule is OC(CCC(F)(F)F)c1ccccc1Br. The number of hydrogen-bond donors (Lipinski definition) is 1. The lowest BCUT2D eigenvalue weighted by atomic mass is 10.1. The summed E-state index contributed by atoms with van der Waals surface area (Å²) < 4.78 is 36.4. The number of aliphatic hydroxyl groups excluding tert-OH is 1. The van der Waals surface area contributed by atoms with E-state index in [0.717, 1.165) is 0 Å². The standard InChI is InChI=1S/C10H10BrF3O/c11-8-4-2-1-3-7(8)9(15)5-6-10(12,13)14/h1-4,9,15H,5-6H2. The van der Waals surface area contributed by atoms with E-state index in [2.05, 4.69) is 15.9 Å². The quantitative estimate of drug-likeness (QED) is 0.894. The largest absolute Gasteiger partial charge is 0.389 e. The molecule has 1 nitrogen and oxygen atoms in total. The second-order valence-corrected chi connectivity index (χ2v) is 4.05. The summed E-state index contributed by atoms with van der Waals surface area (Å²) in [7, 11) is 0. The van der Waals surface area contributed by atoms with E-state index >= 15 is 0 Å². The van der Waals surface area contributed by atoms with Crippen LogP contribution >= 0.6 is 15.9 Å². The molecule has 1 rings (SSSR count). The minimum Gasteiger partial charge on any atom is -0.388 e. The number of alkyl halides is 3. The fourth-order valence-corrected chi connectivity index (χ4v) is 1.75. The second kappa shape index (κ2) is 4.99. The van der Waals surface area contributed by atoms with Gasteiger partial charge in [0.2, 0.25) is 0 Å². The first-order chi connectivity index (χ1) is 6.90. The summed E-state index contributed by atoms with van der Waals surface area (Å²) in [5, 5.41) is 9.53. The van der Waals surface area contributed by atoms with Crippen LogP contribution in [0.1, 0.15) is 24.5 Å². The number of aliphatic hydroxyl groups is 1. The Morgan fingerprint density at radius 2 is 1.87 bits per heavy atom. The van der Waals surface area contributed by atoms with E-state index in [1.807, 2.05) is 0 Å². The van der Waals surface area contributed by atoms with Gasteiger partial charge in [-0.1, -0.05) is 34.1 Å². The number of halogens is 4. The zero-order chi connectivity index (χ0) is 11.5. The Balaban J connectivity index is 2.62. The van der Waals surface area contributed by atoms with Gasteiger partial charge in [0.1, 0.15) is 0 Å². The predicted molar refractivity (Wildman–Crippen MR) is 54.4 cm³/mol. The Hall–Kier alpha value is -0.550. The van der Waals surface area contributed by atoms with Crippen molar-refractivity contribution in [2.75, 3.05) is 0 Å². The van der Waals surface area contributed by atoms with Crippen molar-refractivity contribution in [3.63, 3.8) is 0 Å². The molecule has 0 aliphatic heterocycles. The highest BCUT2D eigenvalue weighted by molar-refractivity contribution is 9.10. The molecule has 0 aliphatic carbocycles. The average Bonchev–Trinajstić information content (AvgIpc) is 2.14. The maximum absolute atomic E-state index is 11.9. The van der Waals surface area contributed by atoms with Crippen LogP contribution in [0.15, 0.2) is 28.7 Å². The van der Waals surface area contributed by atoms with E-state index in [-0.39, 0.29) is 6.42 Å². The molecule has 0 spiro atoms. The van der Waals surface area contributed by atoms with Crippen molar-refractivity contribution in [1.29, 1.82) is 0 Å². The van der Waals surface area contributed by atoms with E-state index in [1.54, 1.807) is 24.3 Å². The Bertz CT molecular complexity index is 325. The number of rotatable bonds is 3. The Labute approximate surface area is 94.0 Å². The first kappa shape index (κ1) is 12.5. The van der Waals surface area contributed by atoms with Crippen LogP contribution in [0.3, 0.4) is 0 Å².